The molecule has 0 saturated carbocycles. The number of benzene rings is 2. The molecule has 0 fully saturated rings. The van der Waals surface area contributed by atoms with Gasteiger partial charge in [0, 0.05) is 5.69 Å². The van der Waals surface area contributed by atoms with E-state index in [1.54, 1.807) is 20.3 Å². The molecule has 0 spiro atoms. The first-order chi connectivity index (χ1) is 10.2. The molecule has 1 unspecified atom stereocenters. The minimum absolute atomic E-state index is 0.453. The highest BCUT2D eigenvalue weighted by Gasteiger charge is 2.14. The number of methoxy groups -OCH3 is 2. The normalized spacial score (nSPS) is 11.3. The van der Waals surface area contributed by atoms with Crippen molar-refractivity contribution >= 4 is 5.69 Å². The first-order valence-corrected chi connectivity index (χ1v) is 6.63. The molecule has 0 bridgehead atoms. The van der Waals surface area contributed by atoms with Gasteiger partial charge in [0.15, 0.2) is 11.5 Å². The topological polar surface area (TPSA) is 54.3 Å². The second-order valence-electron chi connectivity index (χ2n) is 4.64. The van der Waals surface area contributed by atoms with Crippen LogP contribution in [0.3, 0.4) is 0 Å². The van der Waals surface area contributed by atoms with Crippen molar-refractivity contribution in [1.82, 2.24) is 0 Å². The van der Waals surface area contributed by atoms with Crippen LogP contribution < -0.4 is 14.8 Å². The second-order valence-corrected chi connectivity index (χ2v) is 4.64. The van der Waals surface area contributed by atoms with Crippen LogP contribution in [0.25, 0.3) is 0 Å². The highest BCUT2D eigenvalue weighted by atomic mass is 16.5. The molecule has 2 aromatic carbocycles. The van der Waals surface area contributed by atoms with Crippen LogP contribution in [0.5, 0.6) is 11.5 Å². The van der Waals surface area contributed by atoms with E-state index < -0.39 is 6.04 Å². The fraction of sp³-hybridized carbons (Fsp3) is 0.235. The third-order valence-electron chi connectivity index (χ3n) is 3.31. The van der Waals surface area contributed by atoms with Gasteiger partial charge in [-0.3, -0.25) is 0 Å². The quantitative estimate of drug-likeness (QED) is 0.908. The van der Waals surface area contributed by atoms with E-state index in [4.69, 9.17) is 9.47 Å². The zero-order chi connectivity index (χ0) is 15.2. The third-order valence-corrected chi connectivity index (χ3v) is 3.31. The Morgan fingerprint density at radius 2 is 1.76 bits per heavy atom. The third kappa shape index (κ3) is 3.26. The van der Waals surface area contributed by atoms with Gasteiger partial charge in [0.05, 0.1) is 20.3 Å². The van der Waals surface area contributed by atoms with Crippen molar-refractivity contribution in [2.75, 3.05) is 19.5 Å². The van der Waals surface area contributed by atoms with Crippen LogP contribution in [0.2, 0.25) is 0 Å². The Bertz CT molecular complexity index is 662. The molecule has 0 aliphatic carbocycles. The van der Waals surface area contributed by atoms with Crippen LogP contribution in [0, 0.1) is 18.3 Å². The van der Waals surface area contributed by atoms with E-state index in [0.29, 0.717) is 11.5 Å². The van der Waals surface area contributed by atoms with Gasteiger partial charge in [0.1, 0.15) is 6.04 Å². The maximum atomic E-state index is 9.44. The lowest BCUT2D eigenvalue weighted by atomic mass is 10.1. The molecule has 2 aromatic rings. The van der Waals surface area contributed by atoms with Gasteiger partial charge in [0.25, 0.3) is 0 Å². The van der Waals surface area contributed by atoms with Gasteiger partial charge in [-0.2, -0.15) is 5.26 Å². The number of para-hydroxylation sites is 1. The summed E-state index contributed by atoms with van der Waals surface area (Å²) in [6, 6.07) is 15.2. The Morgan fingerprint density at radius 1 is 1.05 bits per heavy atom. The highest BCUT2D eigenvalue weighted by Crippen LogP contribution is 2.31. The van der Waals surface area contributed by atoms with Gasteiger partial charge in [-0.05, 0) is 36.2 Å². The molecule has 0 saturated heterocycles. The van der Waals surface area contributed by atoms with Gasteiger partial charge in [-0.1, -0.05) is 24.3 Å². The van der Waals surface area contributed by atoms with E-state index in [-0.39, 0.29) is 0 Å². The number of nitriles is 1. The van der Waals surface area contributed by atoms with Crippen molar-refractivity contribution < 1.29 is 9.47 Å². The maximum absolute atomic E-state index is 9.44. The zero-order valence-electron chi connectivity index (χ0n) is 12.4. The molecule has 1 atom stereocenters. The molecule has 0 heterocycles. The Labute approximate surface area is 124 Å². The fourth-order valence-electron chi connectivity index (χ4n) is 2.11. The summed E-state index contributed by atoms with van der Waals surface area (Å²) in [6.45, 7) is 2.01. The molecule has 2 rings (SSSR count). The maximum Gasteiger partial charge on any atom is 0.161 e. The van der Waals surface area contributed by atoms with Crippen LogP contribution in [-0.4, -0.2) is 14.2 Å². The van der Waals surface area contributed by atoms with Crippen LogP contribution in [0.4, 0.5) is 5.69 Å². The molecule has 21 heavy (non-hydrogen) atoms. The summed E-state index contributed by atoms with van der Waals surface area (Å²) in [4.78, 5) is 0. The van der Waals surface area contributed by atoms with E-state index in [0.717, 1.165) is 16.8 Å². The number of nitrogens with one attached hydrogen (secondary N) is 1. The van der Waals surface area contributed by atoms with Crippen molar-refractivity contribution in [3.8, 4) is 17.6 Å². The van der Waals surface area contributed by atoms with Crippen molar-refractivity contribution in [1.29, 1.82) is 5.26 Å². The second kappa shape index (κ2) is 6.67. The summed E-state index contributed by atoms with van der Waals surface area (Å²) in [5.74, 6) is 1.26. The zero-order valence-corrected chi connectivity index (χ0v) is 12.4. The van der Waals surface area contributed by atoms with Crippen LogP contribution in [0.1, 0.15) is 17.2 Å². The summed E-state index contributed by atoms with van der Waals surface area (Å²) in [5, 5.41) is 12.7. The van der Waals surface area contributed by atoms with Crippen LogP contribution in [-0.2, 0) is 0 Å². The standard InChI is InChI=1S/C17H18N2O2/c1-12-6-4-5-7-14(12)19-15(11-18)13-8-9-16(20-2)17(10-13)21-3/h4-10,15,19H,1-3H3. The van der Waals surface area contributed by atoms with Crippen LogP contribution in [0.15, 0.2) is 42.5 Å². The van der Waals surface area contributed by atoms with Gasteiger partial charge in [-0.15, -0.1) is 0 Å². The minimum atomic E-state index is -0.453. The molecular formula is C17H18N2O2. The Morgan fingerprint density at radius 3 is 2.38 bits per heavy atom. The van der Waals surface area contributed by atoms with Gasteiger partial charge in [-0.25, -0.2) is 0 Å². The number of ether oxygens (including phenoxy) is 2. The lowest BCUT2D eigenvalue weighted by Crippen LogP contribution is -2.09. The van der Waals surface area contributed by atoms with Crippen molar-refractivity contribution in [3.63, 3.8) is 0 Å². The molecule has 0 aliphatic heterocycles. The number of anilines is 1. The molecule has 4 heteroatoms. The number of nitrogens with zero attached hydrogens (tertiary/aromatic N) is 1. The number of aryl methyl sites for hydroxylation is 1. The van der Waals surface area contributed by atoms with Gasteiger partial charge >= 0.3 is 0 Å². The monoisotopic (exact) mass is 282 g/mol. The number of rotatable bonds is 5. The van der Waals surface area contributed by atoms with E-state index >= 15 is 0 Å². The molecule has 0 aromatic heterocycles. The predicted molar refractivity (Wildman–Crippen MR) is 82.7 cm³/mol. The summed E-state index contributed by atoms with van der Waals surface area (Å²) in [6.07, 6.45) is 0. The first-order valence-electron chi connectivity index (χ1n) is 6.63. The average molecular weight is 282 g/mol. The molecule has 0 aliphatic rings. The largest absolute Gasteiger partial charge is 0.493 e. The molecule has 1 N–H and O–H groups in total. The fourth-order valence-corrected chi connectivity index (χ4v) is 2.11. The first kappa shape index (κ1) is 14.7. The Balaban J connectivity index is 2.30. The SMILES string of the molecule is COc1ccc(C(C#N)Nc2ccccc2C)cc1OC. The average Bonchev–Trinajstić information content (AvgIpc) is 2.53. The predicted octanol–water partition coefficient (Wildman–Crippen LogP) is 3.69. The molecular weight excluding hydrogens is 264 g/mol. The highest BCUT2D eigenvalue weighted by molar-refractivity contribution is 5.54. The Hall–Kier alpha value is -2.67. The summed E-state index contributed by atoms with van der Waals surface area (Å²) >= 11 is 0. The Kier molecular flexibility index (Phi) is 4.68. The lowest BCUT2D eigenvalue weighted by molar-refractivity contribution is 0.354. The van der Waals surface area contributed by atoms with Crippen molar-refractivity contribution in [2.24, 2.45) is 0 Å². The van der Waals surface area contributed by atoms with Gasteiger partial charge in [0.2, 0.25) is 0 Å². The van der Waals surface area contributed by atoms with Crippen LogP contribution >= 0.6 is 0 Å². The molecule has 4 nitrogen and oxygen atoms in total. The summed E-state index contributed by atoms with van der Waals surface area (Å²) in [7, 11) is 3.17. The van der Waals surface area contributed by atoms with Crippen molar-refractivity contribution in [2.45, 2.75) is 13.0 Å². The van der Waals surface area contributed by atoms with Gasteiger partial charge < -0.3 is 14.8 Å². The lowest BCUT2D eigenvalue weighted by Gasteiger charge is -2.17. The van der Waals surface area contributed by atoms with E-state index in [2.05, 4.69) is 11.4 Å². The number of hydrogen-bond acceptors (Lipinski definition) is 4. The molecule has 0 amide bonds. The van der Waals surface area contributed by atoms with E-state index in [1.165, 1.54) is 0 Å². The van der Waals surface area contributed by atoms with E-state index in [9.17, 15) is 5.26 Å². The smallest absolute Gasteiger partial charge is 0.161 e. The van der Waals surface area contributed by atoms with Crippen molar-refractivity contribution in [3.05, 3.63) is 53.6 Å². The molecule has 0 radical (unpaired) electrons. The minimum Gasteiger partial charge on any atom is -0.493 e. The molecule has 108 valence electrons. The van der Waals surface area contributed by atoms with E-state index in [1.807, 2.05) is 43.3 Å². The number of hydrogen-bond donors (Lipinski definition) is 1. The summed E-state index contributed by atoms with van der Waals surface area (Å²) in [5.41, 5.74) is 2.87. The summed E-state index contributed by atoms with van der Waals surface area (Å²) < 4.78 is 10.5.